The molecule has 0 heterocycles. The van der Waals surface area contributed by atoms with Gasteiger partial charge in [0.1, 0.15) is 5.82 Å². The van der Waals surface area contributed by atoms with Crippen molar-refractivity contribution in [3.63, 3.8) is 0 Å². The Kier molecular flexibility index (Phi) is 7.68. The summed E-state index contributed by atoms with van der Waals surface area (Å²) in [6, 6.07) is 5.43. The highest BCUT2D eigenvalue weighted by atomic mass is 19.1. The topological polar surface area (TPSA) is 49.9 Å². The van der Waals surface area contributed by atoms with Crippen LogP contribution in [0.5, 0.6) is 0 Å². The number of rotatable bonds is 8. The maximum absolute atomic E-state index is 13.0. The van der Waals surface area contributed by atoms with Gasteiger partial charge in [-0.3, -0.25) is 9.59 Å². The van der Waals surface area contributed by atoms with Gasteiger partial charge in [-0.25, -0.2) is 4.39 Å². The van der Waals surface area contributed by atoms with E-state index < -0.39 is 5.92 Å². The quantitative estimate of drug-likeness (QED) is 0.687. The van der Waals surface area contributed by atoms with Crippen LogP contribution >= 0.6 is 0 Å². The second kappa shape index (κ2) is 9.25. The van der Waals surface area contributed by atoms with Gasteiger partial charge in [0.15, 0.2) is 0 Å². The minimum absolute atomic E-state index is 0.209. The molecule has 1 aromatic rings. The van der Waals surface area contributed by atoms with Gasteiger partial charge in [0.2, 0.25) is 0 Å². The van der Waals surface area contributed by atoms with Crippen molar-refractivity contribution in [3.05, 3.63) is 35.6 Å². The van der Waals surface area contributed by atoms with Crippen LogP contribution in [0, 0.1) is 11.7 Å². The van der Waals surface area contributed by atoms with Gasteiger partial charge in [-0.05, 0) is 51.3 Å². The Bertz CT molecular complexity index is 517. The maximum Gasteiger partial charge on any atom is 0.310 e. The first-order valence-corrected chi connectivity index (χ1v) is 7.62. The third-order valence-corrected chi connectivity index (χ3v) is 3.51. The van der Waals surface area contributed by atoms with Crippen molar-refractivity contribution < 1.29 is 18.7 Å². The molecular formula is C17H25FN2O3. The number of ether oxygens (including phenoxy) is 1. The lowest BCUT2D eigenvalue weighted by atomic mass is 10.1. The molecule has 0 fully saturated rings. The number of nitrogens with zero attached hydrogens (tertiary/aromatic N) is 2. The molecule has 1 atom stereocenters. The van der Waals surface area contributed by atoms with E-state index in [4.69, 9.17) is 4.74 Å². The zero-order valence-corrected chi connectivity index (χ0v) is 14.2. The lowest BCUT2D eigenvalue weighted by molar-refractivity contribution is -0.145. The molecule has 1 aromatic carbocycles. The van der Waals surface area contributed by atoms with Crippen molar-refractivity contribution >= 4 is 11.9 Å². The average Bonchev–Trinajstić information content (AvgIpc) is 2.52. The van der Waals surface area contributed by atoms with E-state index in [-0.39, 0.29) is 24.2 Å². The summed E-state index contributed by atoms with van der Waals surface area (Å²) in [6.45, 7) is 3.36. The first-order chi connectivity index (χ1) is 10.8. The molecule has 128 valence electrons. The molecule has 23 heavy (non-hydrogen) atoms. The molecule has 0 aliphatic rings. The van der Waals surface area contributed by atoms with Gasteiger partial charge >= 0.3 is 5.97 Å². The van der Waals surface area contributed by atoms with Crippen molar-refractivity contribution in [1.29, 1.82) is 0 Å². The number of carbonyl (C=O) groups is 2. The Hall–Kier alpha value is -1.95. The highest BCUT2D eigenvalue weighted by molar-refractivity contribution is 5.94. The van der Waals surface area contributed by atoms with Gasteiger partial charge < -0.3 is 14.5 Å². The van der Waals surface area contributed by atoms with Crippen molar-refractivity contribution in [1.82, 2.24) is 9.80 Å². The Labute approximate surface area is 137 Å². The number of amides is 1. The summed E-state index contributed by atoms with van der Waals surface area (Å²) in [5, 5.41) is 0. The van der Waals surface area contributed by atoms with Gasteiger partial charge in [0.25, 0.3) is 5.91 Å². The van der Waals surface area contributed by atoms with E-state index in [1.807, 2.05) is 19.0 Å². The lowest BCUT2D eigenvalue weighted by Gasteiger charge is -2.26. The van der Waals surface area contributed by atoms with Crippen LogP contribution < -0.4 is 0 Å². The smallest absolute Gasteiger partial charge is 0.310 e. The standard InChI is InChI=1S/C17H25FN2O3/c1-13(17(22)23-4)12-20(11-5-10-19(2)3)16(21)14-6-8-15(18)9-7-14/h6-9,13H,5,10-12H2,1-4H3. The van der Waals surface area contributed by atoms with E-state index >= 15 is 0 Å². The number of carbonyl (C=O) groups excluding carboxylic acids is 2. The monoisotopic (exact) mass is 324 g/mol. The van der Waals surface area contributed by atoms with Crippen molar-refractivity contribution in [2.75, 3.05) is 40.8 Å². The molecule has 0 N–H and O–H groups in total. The SMILES string of the molecule is COC(=O)C(C)CN(CCCN(C)C)C(=O)c1ccc(F)cc1. The Morgan fingerprint density at radius 3 is 2.30 bits per heavy atom. The van der Waals surface area contributed by atoms with Crippen LogP contribution in [0.15, 0.2) is 24.3 Å². The summed E-state index contributed by atoms with van der Waals surface area (Å²) < 4.78 is 17.7. The number of methoxy groups -OCH3 is 1. The summed E-state index contributed by atoms with van der Waals surface area (Å²) in [4.78, 5) is 27.9. The summed E-state index contributed by atoms with van der Waals surface area (Å²) in [7, 11) is 5.25. The first kappa shape index (κ1) is 19.1. The zero-order chi connectivity index (χ0) is 17.4. The molecule has 5 nitrogen and oxygen atoms in total. The van der Waals surface area contributed by atoms with Crippen LogP contribution in [0.2, 0.25) is 0 Å². The fourth-order valence-electron chi connectivity index (χ4n) is 2.23. The molecular weight excluding hydrogens is 299 g/mol. The number of benzene rings is 1. The normalized spacial score (nSPS) is 12.1. The van der Waals surface area contributed by atoms with Crippen molar-refractivity contribution in [3.8, 4) is 0 Å². The fourth-order valence-corrected chi connectivity index (χ4v) is 2.23. The van der Waals surface area contributed by atoms with E-state index in [0.29, 0.717) is 12.1 Å². The van der Waals surface area contributed by atoms with E-state index in [0.717, 1.165) is 13.0 Å². The van der Waals surface area contributed by atoms with Gasteiger partial charge in [-0.1, -0.05) is 6.92 Å². The zero-order valence-electron chi connectivity index (χ0n) is 14.2. The van der Waals surface area contributed by atoms with Crippen molar-refractivity contribution in [2.45, 2.75) is 13.3 Å². The first-order valence-electron chi connectivity index (χ1n) is 7.62. The largest absolute Gasteiger partial charge is 0.469 e. The molecule has 0 saturated carbocycles. The molecule has 0 bridgehead atoms. The molecule has 0 aliphatic heterocycles. The minimum atomic E-state index is -0.413. The molecule has 0 aromatic heterocycles. The lowest BCUT2D eigenvalue weighted by Crippen LogP contribution is -2.38. The van der Waals surface area contributed by atoms with Crippen LogP contribution in [-0.4, -0.2) is 62.5 Å². The highest BCUT2D eigenvalue weighted by Crippen LogP contribution is 2.11. The summed E-state index contributed by atoms with van der Waals surface area (Å²) in [5.41, 5.74) is 0.410. The molecule has 0 aliphatic carbocycles. The van der Waals surface area contributed by atoms with Crippen LogP contribution in [0.1, 0.15) is 23.7 Å². The minimum Gasteiger partial charge on any atom is -0.469 e. The predicted molar refractivity (Wildman–Crippen MR) is 86.7 cm³/mol. The number of halogens is 1. The van der Waals surface area contributed by atoms with Crippen LogP contribution in [0.3, 0.4) is 0 Å². The molecule has 1 rings (SSSR count). The molecule has 0 radical (unpaired) electrons. The Balaban J connectivity index is 2.81. The van der Waals surface area contributed by atoms with Crippen molar-refractivity contribution in [2.24, 2.45) is 5.92 Å². The van der Waals surface area contributed by atoms with E-state index in [2.05, 4.69) is 0 Å². The highest BCUT2D eigenvalue weighted by Gasteiger charge is 2.22. The van der Waals surface area contributed by atoms with Crippen LogP contribution in [0.25, 0.3) is 0 Å². The van der Waals surface area contributed by atoms with Crippen LogP contribution in [0.4, 0.5) is 4.39 Å². The van der Waals surface area contributed by atoms with Gasteiger partial charge in [0, 0.05) is 18.7 Å². The fraction of sp³-hybridized carbons (Fsp3) is 0.529. The number of hydrogen-bond acceptors (Lipinski definition) is 4. The third kappa shape index (κ3) is 6.36. The average molecular weight is 324 g/mol. The van der Waals surface area contributed by atoms with E-state index in [1.54, 1.807) is 11.8 Å². The summed E-state index contributed by atoms with van der Waals surface area (Å²) in [5.74, 6) is -1.36. The molecule has 6 heteroatoms. The second-order valence-corrected chi connectivity index (χ2v) is 5.84. The molecule has 1 unspecified atom stereocenters. The summed E-state index contributed by atoms with van der Waals surface area (Å²) >= 11 is 0. The Morgan fingerprint density at radius 1 is 1.17 bits per heavy atom. The number of esters is 1. The predicted octanol–water partition coefficient (Wildman–Crippen LogP) is 2.03. The van der Waals surface area contributed by atoms with Gasteiger partial charge in [-0.15, -0.1) is 0 Å². The van der Waals surface area contributed by atoms with Gasteiger partial charge in [-0.2, -0.15) is 0 Å². The molecule has 0 saturated heterocycles. The second-order valence-electron chi connectivity index (χ2n) is 5.84. The van der Waals surface area contributed by atoms with Crippen LogP contribution in [-0.2, 0) is 9.53 Å². The van der Waals surface area contributed by atoms with E-state index in [9.17, 15) is 14.0 Å². The van der Waals surface area contributed by atoms with E-state index in [1.165, 1.54) is 31.4 Å². The maximum atomic E-state index is 13.0. The Morgan fingerprint density at radius 2 is 1.78 bits per heavy atom. The summed E-state index contributed by atoms with van der Waals surface area (Å²) in [6.07, 6.45) is 0.786. The molecule has 1 amide bonds. The third-order valence-electron chi connectivity index (χ3n) is 3.51. The number of hydrogen-bond donors (Lipinski definition) is 0. The molecule has 0 spiro atoms. The van der Waals surface area contributed by atoms with Gasteiger partial charge in [0.05, 0.1) is 13.0 Å².